The molecule has 1 N–H and O–H groups in total. The van der Waals surface area contributed by atoms with Crippen LogP contribution in [0.25, 0.3) is 0 Å². The first-order chi connectivity index (χ1) is 8.59. The SMILES string of the molecule is CC(C)n1ccnc(NCc2nncn2C)c1=O. The maximum atomic E-state index is 12.0. The second kappa shape index (κ2) is 4.99. The van der Waals surface area contributed by atoms with Crippen LogP contribution in [0, 0.1) is 0 Å². The van der Waals surface area contributed by atoms with E-state index in [0.717, 1.165) is 5.82 Å². The van der Waals surface area contributed by atoms with Crippen molar-refractivity contribution in [3.63, 3.8) is 0 Å². The summed E-state index contributed by atoms with van der Waals surface area (Å²) in [7, 11) is 1.85. The van der Waals surface area contributed by atoms with Crippen LogP contribution < -0.4 is 10.9 Å². The van der Waals surface area contributed by atoms with Crippen molar-refractivity contribution < 1.29 is 0 Å². The maximum absolute atomic E-state index is 12.0. The molecular formula is C11H16N6O. The Balaban J connectivity index is 2.18. The summed E-state index contributed by atoms with van der Waals surface area (Å²) in [5.41, 5.74) is -0.130. The van der Waals surface area contributed by atoms with Crippen LogP contribution in [0.5, 0.6) is 0 Å². The Labute approximate surface area is 105 Å². The average Bonchev–Trinajstić information content (AvgIpc) is 2.73. The maximum Gasteiger partial charge on any atom is 0.293 e. The fourth-order valence-electron chi connectivity index (χ4n) is 1.58. The van der Waals surface area contributed by atoms with E-state index in [1.54, 1.807) is 27.9 Å². The molecule has 7 nitrogen and oxygen atoms in total. The highest BCUT2D eigenvalue weighted by molar-refractivity contribution is 5.31. The summed E-state index contributed by atoms with van der Waals surface area (Å²) in [6.45, 7) is 4.32. The van der Waals surface area contributed by atoms with Gasteiger partial charge >= 0.3 is 0 Å². The molecule has 2 heterocycles. The highest BCUT2D eigenvalue weighted by Crippen LogP contribution is 2.02. The van der Waals surface area contributed by atoms with Gasteiger partial charge in [0, 0.05) is 25.5 Å². The zero-order valence-corrected chi connectivity index (χ0v) is 10.7. The molecule has 0 amide bonds. The van der Waals surface area contributed by atoms with E-state index in [1.165, 1.54) is 0 Å². The minimum Gasteiger partial charge on any atom is -0.358 e. The van der Waals surface area contributed by atoms with Gasteiger partial charge in [-0.05, 0) is 13.8 Å². The van der Waals surface area contributed by atoms with Crippen molar-refractivity contribution in [1.29, 1.82) is 0 Å². The lowest BCUT2D eigenvalue weighted by atomic mass is 10.4. The van der Waals surface area contributed by atoms with Crippen molar-refractivity contribution in [2.75, 3.05) is 5.32 Å². The van der Waals surface area contributed by atoms with Crippen molar-refractivity contribution in [2.45, 2.75) is 26.4 Å². The number of aryl methyl sites for hydroxylation is 1. The predicted molar refractivity (Wildman–Crippen MR) is 67.2 cm³/mol. The van der Waals surface area contributed by atoms with E-state index in [2.05, 4.69) is 20.5 Å². The van der Waals surface area contributed by atoms with Crippen LogP contribution in [0.2, 0.25) is 0 Å². The van der Waals surface area contributed by atoms with Crippen LogP contribution >= 0.6 is 0 Å². The summed E-state index contributed by atoms with van der Waals surface area (Å²) < 4.78 is 3.42. The molecule has 0 saturated heterocycles. The van der Waals surface area contributed by atoms with Gasteiger partial charge in [0.2, 0.25) is 0 Å². The van der Waals surface area contributed by atoms with E-state index in [0.29, 0.717) is 12.4 Å². The minimum absolute atomic E-state index is 0.107. The van der Waals surface area contributed by atoms with Crippen LogP contribution in [0.15, 0.2) is 23.5 Å². The fourth-order valence-corrected chi connectivity index (χ4v) is 1.58. The van der Waals surface area contributed by atoms with E-state index in [9.17, 15) is 4.79 Å². The first kappa shape index (κ1) is 12.3. The summed E-state index contributed by atoms with van der Waals surface area (Å²) >= 11 is 0. The minimum atomic E-state index is -0.130. The molecule has 18 heavy (non-hydrogen) atoms. The summed E-state index contributed by atoms with van der Waals surface area (Å²) in [6.07, 6.45) is 4.91. The third kappa shape index (κ3) is 2.39. The van der Waals surface area contributed by atoms with Crippen LogP contribution in [-0.4, -0.2) is 24.3 Å². The molecule has 0 aliphatic rings. The van der Waals surface area contributed by atoms with E-state index in [1.807, 2.05) is 20.9 Å². The summed E-state index contributed by atoms with van der Waals surface area (Å²) in [6, 6.07) is 0.107. The number of anilines is 1. The van der Waals surface area contributed by atoms with E-state index >= 15 is 0 Å². The summed E-state index contributed by atoms with van der Waals surface area (Å²) in [4.78, 5) is 16.1. The predicted octanol–water partition coefficient (Wildman–Crippen LogP) is 0.565. The summed E-state index contributed by atoms with van der Waals surface area (Å²) in [5, 5.41) is 10.7. The smallest absolute Gasteiger partial charge is 0.293 e. The van der Waals surface area contributed by atoms with Crippen molar-refractivity contribution in [2.24, 2.45) is 7.05 Å². The molecule has 0 unspecified atom stereocenters. The number of rotatable bonds is 4. The lowest BCUT2D eigenvalue weighted by Crippen LogP contribution is -2.25. The largest absolute Gasteiger partial charge is 0.358 e. The molecule has 0 atom stereocenters. The third-order valence-corrected chi connectivity index (χ3v) is 2.64. The first-order valence-corrected chi connectivity index (χ1v) is 5.73. The summed E-state index contributed by atoms with van der Waals surface area (Å²) in [5.74, 6) is 1.07. The monoisotopic (exact) mass is 248 g/mol. The molecule has 0 saturated carbocycles. The Morgan fingerprint density at radius 3 is 2.83 bits per heavy atom. The quantitative estimate of drug-likeness (QED) is 0.855. The third-order valence-electron chi connectivity index (χ3n) is 2.64. The molecule has 0 aliphatic heterocycles. The Hall–Kier alpha value is -2.18. The number of hydrogen-bond donors (Lipinski definition) is 1. The van der Waals surface area contributed by atoms with Gasteiger partial charge in [-0.3, -0.25) is 4.79 Å². The van der Waals surface area contributed by atoms with Crippen molar-refractivity contribution in [3.05, 3.63) is 34.9 Å². The van der Waals surface area contributed by atoms with E-state index in [-0.39, 0.29) is 11.6 Å². The second-order valence-corrected chi connectivity index (χ2v) is 4.29. The van der Waals surface area contributed by atoms with Gasteiger partial charge in [0.25, 0.3) is 5.56 Å². The molecule has 0 radical (unpaired) electrons. The Morgan fingerprint density at radius 2 is 2.22 bits per heavy atom. The zero-order chi connectivity index (χ0) is 13.1. The van der Waals surface area contributed by atoms with Crippen molar-refractivity contribution in [3.8, 4) is 0 Å². The van der Waals surface area contributed by atoms with Gasteiger partial charge in [0.05, 0.1) is 6.54 Å². The average molecular weight is 248 g/mol. The molecule has 2 aromatic rings. The van der Waals surface area contributed by atoms with Crippen molar-refractivity contribution in [1.82, 2.24) is 24.3 Å². The van der Waals surface area contributed by atoms with Gasteiger partial charge in [-0.25, -0.2) is 4.98 Å². The van der Waals surface area contributed by atoms with Gasteiger partial charge in [0.15, 0.2) is 11.6 Å². The molecule has 0 bridgehead atoms. The number of hydrogen-bond acceptors (Lipinski definition) is 5. The van der Waals surface area contributed by atoms with Gasteiger partial charge in [-0.15, -0.1) is 10.2 Å². The molecular weight excluding hydrogens is 232 g/mol. The fraction of sp³-hybridized carbons (Fsp3) is 0.455. The lowest BCUT2D eigenvalue weighted by molar-refractivity contribution is 0.575. The van der Waals surface area contributed by atoms with E-state index < -0.39 is 0 Å². The standard InChI is InChI=1S/C11H16N6O/c1-8(2)17-5-4-12-10(11(17)18)13-6-9-15-14-7-16(9)3/h4-5,7-8H,6H2,1-3H3,(H,12,13). The van der Waals surface area contributed by atoms with Crippen LogP contribution in [0.4, 0.5) is 5.82 Å². The first-order valence-electron chi connectivity index (χ1n) is 5.73. The molecule has 0 aromatic carbocycles. The molecule has 0 fully saturated rings. The second-order valence-electron chi connectivity index (χ2n) is 4.29. The molecule has 0 aliphatic carbocycles. The number of nitrogens with zero attached hydrogens (tertiary/aromatic N) is 5. The number of nitrogens with one attached hydrogen (secondary N) is 1. The molecule has 0 spiro atoms. The van der Waals surface area contributed by atoms with Gasteiger partial charge in [-0.1, -0.05) is 0 Å². The Bertz CT molecular complexity index is 585. The van der Waals surface area contributed by atoms with Gasteiger partial charge in [-0.2, -0.15) is 0 Å². The Morgan fingerprint density at radius 1 is 1.44 bits per heavy atom. The molecule has 96 valence electrons. The Kier molecular flexibility index (Phi) is 3.40. The van der Waals surface area contributed by atoms with E-state index in [4.69, 9.17) is 0 Å². The molecule has 2 rings (SSSR count). The topological polar surface area (TPSA) is 77.6 Å². The zero-order valence-electron chi connectivity index (χ0n) is 10.7. The molecule has 2 aromatic heterocycles. The van der Waals surface area contributed by atoms with Crippen LogP contribution in [0.1, 0.15) is 25.7 Å². The number of aromatic nitrogens is 5. The highest BCUT2D eigenvalue weighted by atomic mass is 16.1. The molecule has 7 heteroatoms. The van der Waals surface area contributed by atoms with Gasteiger partial charge < -0.3 is 14.5 Å². The normalized spacial score (nSPS) is 10.9. The van der Waals surface area contributed by atoms with Crippen LogP contribution in [-0.2, 0) is 13.6 Å². The highest BCUT2D eigenvalue weighted by Gasteiger charge is 2.08. The lowest BCUT2D eigenvalue weighted by Gasteiger charge is -2.11. The van der Waals surface area contributed by atoms with Gasteiger partial charge in [0.1, 0.15) is 6.33 Å². The van der Waals surface area contributed by atoms with Crippen LogP contribution in [0.3, 0.4) is 0 Å². The van der Waals surface area contributed by atoms with Crippen molar-refractivity contribution >= 4 is 5.82 Å².